The lowest BCUT2D eigenvalue weighted by Gasteiger charge is -2.43. The predicted molar refractivity (Wildman–Crippen MR) is 134 cm³/mol. The molecule has 0 aliphatic rings. The summed E-state index contributed by atoms with van der Waals surface area (Å²) in [6.07, 6.45) is -0.519. The summed E-state index contributed by atoms with van der Waals surface area (Å²) in [5.74, 6) is -4.54. The first kappa shape index (κ1) is 33.3. The van der Waals surface area contributed by atoms with Crippen molar-refractivity contribution in [2.45, 2.75) is 49.3 Å². The molecule has 0 spiro atoms. The minimum atomic E-state index is -3.60. The summed E-state index contributed by atoms with van der Waals surface area (Å²) in [4.78, 5) is 36.7. The molecule has 17 heteroatoms. The van der Waals surface area contributed by atoms with E-state index in [0.717, 1.165) is 6.26 Å². The van der Waals surface area contributed by atoms with Crippen molar-refractivity contribution in [3.8, 4) is 0 Å². The zero-order chi connectivity index (χ0) is 28.4. The van der Waals surface area contributed by atoms with Crippen LogP contribution in [0, 0.1) is 5.92 Å². The Bertz CT molecular complexity index is 1060. The van der Waals surface area contributed by atoms with Crippen LogP contribution in [0.25, 0.3) is 0 Å². The van der Waals surface area contributed by atoms with E-state index in [1.165, 1.54) is 18.3 Å². The highest BCUT2D eigenvalue weighted by molar-refractivity contribution is 7.99. The van der Waals surface area contributed by atoms with Crippen LogP contribution in [0.2, 0.25) is 0 Å². The maximum absolute atomic E-state index is 13.1. The Morgan fingerprint density at radius 2 is 1.84 bits per heavy atom. The first-order chi connectivity index (χ1) is 17.1. The van der Waals surface area contributed by atoms with E-state index >= 15 is 0 Å². The number of hydrogen-bond acceptors (Lipinski definition) is 13. The maximum atomic E-state index is 13.1. The lowest BCUT2D eigenvalue weighted by molar-refractivity contribution is -0.159. The predicted octanol–water partition coefficient (Wildman–Crippen LogP) is -0.876. The van der Waals surface area contributed by atoms with E-state index < -0.39 is 97.1 Å². The Labute approximate surface area is 224 Å². The van der Waals surface area contributed by atoms with Crippen molar-refractivity contribution in [2.75, 3.05) is 25.2 Å². The Hall–Kier alpha value is -1.76. The summed E-state index contributed by atoms with van der Waals surface area (Å²) >= 11 is -5.45. The van der Waals surface area contributed by atoms with E-state index in [0.29, 0.717) is 5.56 Å². The van der Waals surface area contributed by atoms with Gasteiger partial charge in [-0.15, -0.1) is 0 Å². The quantitative estimate of drug-likeness (QED) is 0.174. The van der Waals surface area contributed by atoms with Crippen LogP contribution in [-0.2, 0) is 62.3 Å². The molecule has 0 saturated carbocycles. The van der Waals surface area contributed by atoms with Crippen molar-refractivity contribution in [3.63, 3.8) is 0 Å². The SMILES string of the molecule is CCOC(=O)COC(=O)C(C)NC(=O)C(Cc1ccsc1)CC(C(N)CCS(C)(=O)=O)(S(=O)[O-])S(=O)[O-]. The topological polar surface area (TPSA) is 222 Å². The van der Waals surface area contributed by atoms with Gasteiger partial charge in [-0.3, -0.25) is 13.2 Å². The lowest BCUT2D eigenvalue weighted by Crippen LogP contribution is -2.57. The fraction of sp³-hybridized carbons (Fsp3) is 0.650. The normalized spacial score (nSPS) is 17.5. The van der Waals surface area contributed by atoms with Crippen molar-refractivity contribution < 1.29 is 49.8 Å². The number of carbonyl (C=O) groups excluding carboxylic acids is 3. The molecule has 13 nitrogen and oxygen atoms in total. The van der Waals surface area contributed by atoms with Gasteiger partial charge in [-0.05, 0) is 77.7 Å². The monoisotopic (exact) mass is 602 g/mol. The Morgan fingerprint density at radius 3 is 2.32 bits per heavy atom. The van der Waals surface area contributed by atoms with E-state index in [2.05, 4.69) is 10.1 Å². The number of amides is 1. The number of hydrogen-bond donors (Lipinski definition) is 2. The third kappa shape index (κ3) is 10.5. The fourth-order valence-electron chi connectivity index (χ4n) is 3.29. The minimum absolute atomic E-state index is 0.0726. The highest BCUT2D eigenvalue weighted by Crippen LogP contribution is 2.33. The number of thiophene rings is 1. The van der Waals surface area contributed by atoms with Crippen LogP contribution in [-0.4, -0.2) is 85.2 Å². The smallest absolute Gasteiger partial charge is 0.344 e. The highest BCUT2D eigenvalue weighted by Gasteiger charge is 2.44. The summed E-state index contributed by atoms with van der Waals surface area (Å²) in [5, 5.41) is 5.71. The van der Waals surface area contributed by atoms with Crippen LogP contribution in [0.3, 0.4) is 0 Å². The van der Waals surface area contributed by atoms with Crippen LogP contribution in [0.5, 0.6) is 0 Å². The molecule has 1 rings (SSSR count). The molecular formula is C20H30N2O11S4-2. The zero-order valence-corrected chi connectivity index (χ0v) is 23.7. The molecule has 212 valence electrons. The van der Waals surface area contributed by atoms with E-state index in [1.54, 1.807) is 23.8 Å². The number of carbonyl (C=O) groups is 3. The summed E-state index contributed by atoms with van der Waals surface area (Å²) in [7, 11) is -3.60. The Kier molecular flexibility index (Phi) is 13.5. The molecule has 5 unspecified atom stereocenters. The molecule has 1 aromatic rings. The highest BCUT2D eigenvalue weighted by atomic mass is 32.3. The van der Waals surface area contributed by atoms with Gasteiger partial charge in [-0.1, -0.05) is 0 Å². The second-order valence-corrected chi connectivity index (χ2v) is 13.9. The third-order valence-electron chi connectivity index (χ3n) is 5.24. The second-order valence-electron chi connectivity index (χ2n) is 8.19. The van der Waals surface area contributed by atoms with Gasteiger partial charge in [0, 0.05) is 18.2 Å². The number of rotatable bonds is 16. The van der Waals surface area contributed by atoms with Gasteiger partial charge in [0.15, 0.2) is 6.61 Å². The van der Waals surface area contributed by atoms with Gasteiger partial charge in [-0.25, -0.2) is 18.0 Å². The molecule has 0 bridgehead atoms. The largest absolute Gasteiger partial charge is 0.771 e. The second kappa shape index (κ2) is 15.0. The average molecular weight is 603 g/mol. The Balaban J connectivity index is 3.21. The van der Waals surface area contributed by atoms with E-state index in [4.69, 9.17) is 10.5 Å². The molecule has 1 heterocycles. The summed E-state index contributed by atoms with van der Waals surface area (Å²) in [6, 6.07) is -1.31. The van der Waals surface area contributed by atoms with E-state index in [9.17, 15) is 40.3 Å². The number of nitrogens with one attached hydrogen (secondary N) is 1. The van der Waals surface area contributed by atoms with Crippen molar-refractivity contribution in [2.24, 2.45) is 11.7 Å². The molecule has 0 fully saturated rings. The summed E-state index contributed by atoms with van der Waals surface area (Å²) < 4.78 is 78.9. The molecule has 5 atom stereocenters. The van der Waals surface area contributed by atoms with Gasteiger partial charge in [0.05, 0.1) is 12.4 Å². The first-order valence-electron chi connectivity index (χ1n) is 10.9. The molecule has 0 aliphatic heterocycles. The lowest BCUT2D eigenvalue weighted by atomic mass is 9.91. The van der Waals surface area contributed by atoms with Crippen molar-refractivity contribution in [1.82, 2.24) is 5.32 Å². The molecule has 1 aromatic heterocycles. The number of esters is 2. The van der Waals surface area contributed by atoms with E-state index in [1.807, 2.05) is 0 Å². The molecule has 0 saturated heterocycles. The zero-order valence-electron chi connectivity index (χ0n) is 20.4. The van der Waals surface area contributed by atoms with Crippen LogP contribution in [0.4, 0.5) is 0 Å². The molecule has 0 aliphatic carbocycles. The molecule has 37 heavy (non-hydrogen) atoms. The van der Waals surface area contributed by atoms with Crippen LogP contribution in [0.1, 0.15) is 32.3 Å². The maximum Gasteiger partial charge on any atom is 0.344 e. The molecule has 0 radical (unpaired) electrons. The summed E-state index contributed by atoms with van der Waals surface area (Å²) in [5.41, 5.74) is 6.52. The van der Waals surface area contributed by atoms with Gasteiger partial charge >= 0.3 is 11.9 Å². The van der Waals surface area contributed by atoms with Crippen molar-refractivity contribution in [1.29, 1.82) is 0 Å². The van der Waals surface area contributed by atoms with Crippen molar-refractivity contribution >= 4 is 61.2 Å². The minimum Gasteiger partial charge on any atom is -0.771 e. The fourth-order valence-corrected chi connectivity index (χ4v) is 6.51. The van der Waals surface area contributed by atoms with Crippen molar-refractivity contribution in [3.05, 3.63) is 22.4 Å². The van der Waals surface area contributed by atoms with Gasteiger partial charge in [-0.2, -0.15) is 11.3 Å². The third-order valence-corrected chi connectivity index (χ3v) is 9.84. The molecule has 1 amide bonds. The van der Waals surface area contributed by atoms with Gasteiger partial charge in [0.2, 0.25) is 5.91 Å². The van der Waals surface area contributed by atoms with Gasteiger partial charge in [0.1, 0.15) is 20.0 Å². The summed E-state index contributed by atoms with van der Waals surface area (Å²) in [6.45, 7) is 2.21. The number of sulfone groups is 1. The number of ether oxygens (including phenoxy) is 2. The number of nitrogens with two attached hydrogens (primary N) is 1. The first-order valence-corrected chi connectivity index (χ1v) is 16.0. The molecule has 0 aromatic carbocycles. The van der Waals surface area contributed by atoms with Gasteiger partial charge in [0.25, 0.3) is 0 Å². The van der Waals surface area contributed by atoms with Crippen LogP contribution in [0.15, 0.2) is 16.8 Å². The molecular weight excluding hydrogens is 572 g/mol. The Morgan fingerprint density at radius 1 is 1.22 bits per heavy atom. The van der Waals surface area contributed by atoms with E-state index in [-0.39, 0.29) is 13.0 Å². The van der Waals surface area contributed by atoms with Gasteiger partial charge < -0.3 is 29.6 Å². The molecule has 3 N–H and O–H groups in total. The standard InChI is InChI=1S/C20H32N2O11S4/c1-4-32-17(23)11-33-19(25)13(2)22-18(24)15(9-14-5-7-34-12-14)10-20(35(26)27,36(28)29)16(21)6-8-37(3,30)31/h5,7,12-13,15-16H,4,6,8-11,21H2,1-3H3,(H,22,24)(H,26,27)(H,28,29)/p-2. The van der Waals surface area contributed by atoms with Crippen LogP contribution >= 0.6 is 11.3 Å². The van der Waals surface area contributed by atoms with Crippen LogP contribution < -0.4 is 11.1 Å². The average Bonchev–Trinajstić information content (AvgIpc) is 3.30.